The predicted molar refractivity (Wildman–Crippen MR) is 135 cm³/mol. The van der Waals surface area contributed by atoms with Gasteiger partial charge in [0.2, 0.25) is 0 Å². The van der Waals surface area contributed by atoms with Gasteiger partial charge in [0.05, 0.1) is 22.8 Å². The summed E-state index contributed by atoms with van der Waals surface area (Å²) in [5, 5.41) is 4.31. The summed E-state index contributed by atoms with van der Waals surface area (Å²) < 4.78 is 6.97. The van der Waals surface area contributed by atoms with Crippen molar-refractivity contribution in [2.24, 2.45) is 0 Å². The molecule has 1 heterocycles. The van der Waals surface area contributed by atoms with Crippen LogP contribution < -0.4 is 10.9 Å². The van der Waals surface area contributed by atoms with Crippen molar-refractivity contribution in [3.05, 3.63) is 96.8 Å². The van der Waals surface area contributed by atoms with E-state index >= 15 is 0 Å². The summed E-state index contributed by atoms with van der Waals surface area (Å²) in [5.41, 5.74) is 2.00. The summed E-state index contributed by atoms with van der Waals surface area (Å²) in [4.78, 5) is 25.0. The molecular weight excluding hydrogens is 483 g/mol. The van der Waals surface area contributed by atoms with E-state index in [1.54, 1.807) is 28.8 Å². The number of halogens is 3. The monoisotopic (exact) mass is 506 g/mol. The van der Waals surface area contributed by atoms with Crippen LogP contribution in [0.2, 0.25) is 15.1 Å². The lowest BCUT2D eigenvalue weighted by Gasteiger charge is -2.19. The van der Waals surface area contributed by atoms with Crippen LogP contribution >= 0.6 is 34.8 Å². The van der Waals surface area contributed by atoms with Gasteiger partial charge in [-0.3, -0.25) is 4.79 Å². The molecule has 1 aromatic heterocycles. The van der Waals surface area contributed by atoms with Crippen molar-refractivity contribution >= 4 is 46.5 Å². The van der Waals surface area contributed by atoms with E-state index < -0.39 is 5.60 Å². The van der Waals surface area contributed by atoms with Crippen molar-refractivity contribution in [2.45, 2.75) is 45.9 Å². The third kappa shape index (κ3) is 7.00. The van der Waals surface area contributed by atoms with Crippen molar-refractivity contribution in [3.8, 4) is 0 Å². The number of aromatic nitrogens is 1. The first-order chi connectivity index (χ1) is 15.5. The van der Waals surface area contributed by atoms with Crippen molar-refractivity contribution in [2.75, 3.05) is 5.32 Å². The first-order valence-electron chi connectivity index (χ1n) is 10.4. The Balaban J connectivity index is 1.76. The zero-order chi connectivity index (χ0) is 24.2. The predicted octanol–water partition coefficient (Wildman–Crippen LogP) is 6.62. The zero-order valence-electron chi connectivity index (χ0n) is 18.6. The highest BCUT2D eigenvalue weighted by atomic mass is 35.5. The Morgan fingerprint density at radius 1 is 1.00 bits per heavy atom. The summed E-state index contributed by atoms with van der Waals surface area (Å²) in [5.74, 6) is -0.374. The number of hydrogen-bond acceptors (Lipinski definition) is 4. The molecule has 0 fully saturated rings. The normalized spacial score (nSPS) is 11.3. The number of carbonyl (C=O) groups excluding carboxylic acids is 1. The van der Waals surface area contributed by atoms with Gasteiger partial charge in [-0.25, -0.2) is 4.79 Å². The lowest BCUT2D eigenvalue weighted by molar-refractivity contribution is 0.00695. The SMILES string of the molecule is CC(C)(C)OC(=O)c1ccc(CCn2c(CNc3cccc(Cl)c3)c(Cl)cc(Cl)c2=O)cc1. The number of benzene rings is 2. The number of aryl methyl sites for hydroxylation is 1. The van der Waals surface area contributed by atoms with Crippen LogP contribution in [0.1, 0.15) is 42.4 Å². The van der Waals surface area contributed by atoms with E-state index in [2.05, 4.69) is 5.32 Å². The number of carbonyl (C=O) groups is 1. The van der Waals surface area contributed by atoms with Crippen LogP contribution in [0.4, 0.5) is 5.69 Å². The number of esters is 1. The van der Waals surface area contributed by atoms with Crippen LogP contribution in [0.5, 0.6) is 0 Å². The third-order valence-corrected chi connectivity index (χ3v) is 5.63. The molecule has 0 atom stereocenters. The molecule has 0 aliphatic carbocycles. The van der Waals surface area contributed by atoms with Gasteiger partial charge < -0.3 is 14.6 Å². The fourth-order valence-electron chi connectivity index (χ4n) is 3.22. The van der Waals surface area contributed by atoms with Gasteiger partial charge >= 0.3 is 5.97 Å². The Bertz CT molecular complexity index is 1200. The van der Waals surface area contributed by atoms with Gasteiger partial charge in [-0.2, -0.15) is 0 Å². The highest BCUT2D eigenvalue weighted by Crippen LogP contribution is 2.22. The summed E-state index contributed by atoms with van der Waals surface area (Å²) in [6.07, 6.45) is 0.551. The summed E-state index contributed by atoms with van der Waals surface area (Å²) in [6, 6.07) is 15.9. The lowest BCUT2D eigenvalue weighted by Crippen LogP contribution is -2.26. The Kier molecular flexibility index (Phi) is 8.11. The molecule has 174 valence electrons. The summed E-state index contributed by atoms with van der Waals surface area (Å²) >= 11 is 18.6. The molecule has 8 heteroatoms. The van der Waals surface area contributed by atoms with E-state index in [4.69, 9.17) is 39.5 Å². The van der Waals surface area contributed by atoms with Gasteiger partial charge in [0.1, 0.15) is 10.6 Å². The fourth-order valence-corrected chi connectivity index (χ4v) is 3.96. The van der Waals surface area contributed by atoms with Gasteiger partial charge in [-0.05, 0) is 69.2 Å². The molecular formula is C25H25Cl3N2O3. The number of ether oxygens (including phenoxy) is 1. The van der Waals surface area contributed by atoms with E-state index in [9.17, 15) is 9.59 Å². The molecule has 0 saturated carbocycles. The number of nitrogens with zero attached hydrogens (tertiary/aromatic N) is 1. The molecule has 0 unspecified atom stereocenters. The smallest absolute Gasteiger partial charge is 0.338 e. The molecule has 0 aliphatic heterocycles. The van der Waals surface area contributed by atoms with Gasteiger partial charge in [-0.1, -0.05) is 53.0 Å². The van der Waals surface area contributed by atoms with Crippen molar-refractivity contribution in [1.29, 1.82) is 0 Å². The molecule has 0 bridgehead atoms. The van der Waals surface area contributed by atoms with Gasteiger partial charge in [0, 0.05) is 17.3 Å². The quantitative estimate of drug-likeness (QED) is 0.365. The van der Waals surface area contributed by atoms with Crippen molar-refractivity contribution in [1.82, 2.24) is 4.57 Å². The van der Waals surface area contributed by atoms with Crippen LogP contribution in [-0.4, -0.2) is 16.1 Å². The van der Waals surface area contributed by atoms with E-state index in [1.165, 1.54) is 6.07 Å². The Morgan fingerprint density at radius 2 is 1.70 bits per heavy atom. The summed E-state index contributed by atoms with van der Waals surface area (Å²) in [7, 11) is 0. The fraction of sp³-hybridized carbons (Fsp3) is 0.280. The van der Waals surface area contributed by atoms with Gasteiger partial charge in [0.15, 0.2) is 0 Å². The van der Waals surface area contributed by atoms with Crippen LogP contribution in [0.3, 0.4) is 0 Å². The minimum Gasteiger partial charge on any atom is -0.456 e. The van der Waals surface area contributed by atoms with Crippen LogP contribution in [-0.2, 0) is 24.2 Å². The number of nitrogens with one attached hydrogen (secondary N) is 1. The highest BCUT2D eigenvalue weighted by molar-refractivity contribution is 6.34. The molecule has 33 heavy (non-hydrogen) atoms. The van der Waals surface area contributed by atoms with Crippen LogP contribution in [0.15, 0.2) is 59.4 Å². The number of pyridine rings is 1. The average Bonchev–Trinajstić information content (AvgIpc) is 2.73. The van der Waals surface area contributed by atoms with Crippen molar-refractivity contribution < 1.29 is 9.53 Å². The minimum atomic E-state index is -0.557. The molecule has 2 aromatic carbocycles. The van der Waals surface area contributed by atoms with E-state index in [-0.39, 0.29) is 16.6 Å². The molecule has 3 rings (SSSR count). The largest absolute Gasteiger partial charge is 0.456 e. The Morgan fingerprint density at radius 3 is 2.33 bits per heavy atom. The molecule has 1 N–H and O–H groups in total. The third-order valence-electron chi connectivity index (χ3n) is 4.80. The van der Waals surface area contributed by atoms with Crippen molar-refractivity contribution in [3.63, 3.8) is 0 Å². The maximum atomic E-state index is 12.8. The Labute approximate surface area is 208 Å². The average molecular weight is 508 g/mol. The summed E-state index contributed by atoms with van der Waals surface area (Å²) in [6.45, 7) is 6.17. The molecule has 0 spiro atoms. The van der Waals surface area contributed by atoms with Gasteiger partial charge in [0.25, 0.3) is 5.56 Å². The first-order valence-corrected chi connectivity index (χ1v) is 11.6. The molecule has 0 radical (unpaired) electrons. The zero-order valence-corrected chi connectivity index (χ0v) is 20.9. The topological polar surface area (TPSA) is 60.3 Å². The van der Waals surface area contributed by atoms with Crippen LogP contribution in [0.25, 0.3) is 0 Å². The maximum Gasteiger partial charge on any atom is 0.338 e. The first kappa shape index (κ1) is 25.2. The number of rotatable bonds is 7. The van der Waals surface area contributed by atoms with E-state index in [0.717, 1.165) is 11.3 Å². The second-order valence-electron chi connectivity index (χ2n) is 8.56. The number of anilines is 1. The Hall–Kier alpha value is -2.47. The second-order valence-corrected chi connectivity index (χ2v) is 9.81. The van der Waals surface area contributed by atoms with Crippen LogP contribution in [0, 0.1) is 0 Å². The second kappa shape index (κ2) is 10.6. The maximum absolute atomic E-state index is 12.8. The highest BCUT2D eigenvalue weighted by Gasteiger charge is 2.18. The molecule has 3 aromatic rings. The minimum absolute atomic E-state index is 0.0618. The van der Waals surface area contributed by atoms with E-state index in [0.29, 0.717) is 40.8 Å². The molecule has 0 saturated heterocycles. The van der Waals surface area contributed by atoms with E-state index in [1.807, 2.05) is 45.0 Å². The molecule has 5 nitrogen and oxygen atoms in total. The number of hydrogen-bond donors (Lipinski definition) is 1. The molecule has 0 aliphatic rings. The van der Waals surface area contributed by atoms with Gasteiger partial charge in [-0.15, -0.1) is 0 Å². The molecule has 0 amide bonds. The standard InChI is InChI=1S/C25H25Cl3N2O3/c1-25(2,3)33-24(32)17-9-7-16(8-10-17)11-12-30-22(20(27)14-21(28)23(30)31)15-29-19-6-4-5-18(26)13-19/h4-10,13-14,29H,11-12,15H2,1-3H3. The lowest BCUT2D eigenvalue weighted by atomic mass is 10.1.